The number of para-hydroxylation sites is 1. The second-order valence-electron chi connectivity index (χ2n) is 6.64. The minimum Gasteiger partial charge on any atom is -0.480 e. The molecule has 0 aliphatic carbocycles. The monoisotopic (exact) mass is 357 g/mol. The van der Waals surface area contributed by atoms with E-state index in [0.717, 1.165) is 12.8 Å². The van der Waals surface area contributed by atoms with Crippen molar-refractivity contribution in [3.05, 3.63) is 42.5 Å². The molecular weight excluding hydrogens is 334 g/mol. The Kier molecular flexibility index (Phi) is 5.55. The Bertz CT molecular complexity index is 704. The second-order valence-corrected chi connectivity index (χ2v) is 6.64. The van der Waals surface area contributed by atoms with Gasteiger partial charge in [0.15, 0.2) is 0 Å². The molecular formula is C19H23N3O4. The highest BCUT2D eigenvalue weighted by molar-refractivity contribution is 5.95. The number of carbonyl (C=O) groups excluding carboxylic acids is 2. The molecule has 0 aromatic heterocycles. The zero-order valence-electron chi connectivity index (χ0n) is 14.4. The number of rotatable bonds is 3. The summed E-state index contributed by atoms with van der Waals surface area (Å²) in [7, 11) is 0. The van der Waals surface area contributed by atoms with Crippen molar-refractivity contribution in [2.24, 2.45) is 0 Å². The lowest BCUT2D eigenvalue weighted by atomic mass is 9.90. The van der Waals surface area contributed by atoms with Gasteiger partial charge in [-0.25, -0.2) is 9.59 Å². The van der Waals surface area contributed by atoms with Crippen LogP contribution in [-0.4, -0.2) is 46.0 Å². The van der Waals surface area contributed by atoms with Gasteiger partial charge < -0.3 is 20.6 Å². The number of hydrogen-bond donors (Lipinski definition) is 3. The normalized spacial score (nSPS) is 26.8. The van der Waals surface area contributed by atoms with Gasteiger partial charge >= 0.3 is 12.0 Å². The molecule has 0 spiro atoms. The highest BCUT2D eigenvalue weighted by Gasteiger charge is 2.41. The maximum atomic E-state index is 13.0. The van der Waals surface area contributed by atoms with Crippen LogP contribution in [0.5, 0.6) is 0 Å². The average molecular weight is 357 g/mol. The van der Waals surface area contributed by atoms with Crippen molar-refractivity contribution in [1.29, 1.82) is 0 Å². The highest BCUT2D eigenvalue weighted by Crippen LogP contribution is 2.28. The number of hydrogen-bond acceptors (Lipinski definition) is 3. The molecule has 3 amide bonds. The third-order valence-electron chi connectivity index (χ3n) is 4.87. The Morgan fingerprint density at radius 2 is 1.81 bits per heavy atom. The molecule has 2 heterocycles. The molecule has 2 aliphatic rings. The number of nitrogens with one attached hydrogen (secondary N) is 2. The molecule has 26 heavy (non-hydrogen) atoms. The number of carboxylic acids is 1. The molecule has 3 atom stereocenters. The smallest absolute Gasteiger partial charge is 0.326 e. The van der Waals surface area contributed by atoms with Crippen molar-refractivity contribution in [3.63, 3.8) is 0 Å². The van der Waals surface area contributed by atoms with Gasteiger partial charge in [0.05, 0.1) is 0 Å². The quantitative estimate of drug-likeness (QED) is 0.723. The molecule has 1 aromatic carbocycles. The van der Waals surface area contributed by atoms with Crippen LogP contribution < -0.4 is 10.6 Å². The van der Waals surface area contributed by atoms with Crippen LogP contribution in [-0.2, 0) is 9.59 Å². The van der Waals surface area contributed by atoms with Crippen LogP contribution in [0.1, 0.15) is 32.1 Å². The fourth-order valence-corrected chi connectivity index (χ4v) is 3.62. The van der Waals surface area contributed by atoms with Gasteiger partial charge in [-0.2, -0.15) is 0 Å². The molecule has 1 fully saturated rings. The fourth-order valence-electron chi connectivity index (χ4n) is 3.62. The topological polar surface area (TPSA) is 98.7 Å². The first-order valence-electron chi connectivity index (χ1n) is 8.89. The van der Waals surface area contributed by atoms with E-state index in [9.17, 15) is 19.5 Å². The summed E-state index contributed by atoms with van der Waals surface area (Å²) in [6.45, 7) is 0. The van der Waals surface area contributed by atoms with Crippen molar-refractivity contribution in [2.45, 2.75) is 50.2 Å². The largest absolute Gasteiger partial charge is 0.480 e. The van der Waals surface area contributed by atoms with E-state index in [1.165, 1.54) is 4.90 Å². The van der Waals surface area contributed by atoms with Crippen molar-refractivity contribution in [2.75, 3.05) is 5.32 Å². The van der Waals surface area contributed by atoms with E-state index in [1.807, 2.05) is 18.2 Å². The molecule has 138 valence electrons. The lowest BCUT2D eigenvalue weighted by Gasteiger charge is -2.42. The number of amides is 3. The molecule has 2 aliphatic heterocycles. The van der Waals surface area contributed by atoms with E-state index in [4.69, 9.17) is 0 Å². The summed E-state index contributed by atoms with van der Waals surface area (Å²) in [6.07, 6.45) is 6.86. The van der Waals surface area contributed by atoms with Crippen LogP contribution in [0.15, 0.2) is 42.5 Å². The number of urea groups is 1. The fraction of sp³-hybridized carbons (Fsp3) is 0.421. The number of carbonyl (C=O) groups is 3. The van der Waals surface area contributed by atoms with E-state index in [0.29, 0.717) is 24.9 Å². The first-order chi connectivity index (χ1) is 12.6. The van der Waals surface area contributed by atoms with Gasteiger partial charge in [0.1, 0.15) is 12.1 Å². The van der Waals surface area contributed by atoms with Gasteiger partial charge in [-0.05, 0) is 44.2 Å². The van der Waals surface area contributed by atoms with Gasteiger partial charge in [-0.1, -0.05) is 30.4 Å². The SMILES string of the molecule is O=C(Nc1ccccc1)NC1C/C=C\CC2CCCC(C(=O)O)N2C1=O. The molecule has 1 saturated heterocycles. The molecule has 0 saturated carbocycles. The Balaban J connectivity index is 1.74. The summed E-state index contributed by atoms with van der Waals surface area (Å²) >= 11 is 0. The van der Waals surface area contributed by atoms with E-state index < -0.39 is 24.1 Å². The van der Waals surface area contributed by atoms with E-state index in [2.05, 4.69) is 10.6 Å². The maximum absolute atomic E-state index is 13.0. The van der Waals surface area contributed by atoms with Crippen LogP contribution in [0.3, 0.4) is 0 Å². The third kappa shape index (κ3) is 4.04. The molecule has 3 rings (SSSR count). The van der Waals surface area contributed by atoms with Gasteiger partial charge in [0.2, 0.25) is 5.91 Å². The van der Waals surface area contributed by atoms with Gasteiger partial charge in [0.25, 0.3) is 0 Å². The predicted molar refractivity (Wildman–Crippen MR) is 96.7 cm³/mol. The minimum absolute atomic E-state index is 0.129. The molecule has 1 aromatic rings. The van der Waals surface area contributed by atoms with E-state index >= 15 is 0 Å². The molecule has 0 bridgehead atoms. The molecule has 7 heteroatoms. The van der Waals surface area contributed by atoms with Crippen molar-refractivity contribution >= 4 is 23.6 Å². The third-order valence-corrected chi connectivity index (χ3v) is 4.87. The first-order valence-corrected chi connectivity index (χ1v) is 8.89. The number of piperidine rings is 1. The van der Waals surface area contributed by atoms with Crippen LogP contribution in [0.25, 0.3) is 0 Å². The number of benzene rings is 1. The highest BCUT2D eigenvalue weighted by atomic mass is 16.4. The first kappa shape index (κ1) is 18.0. The lowest BCUT2D eigenvalue weighted by Crippen LogP contribution is -2.59. The summed E-state index contributed by atoms with van der Waals surface area (Å²) in [5.74, 6) is -1.31. The Morgan fingerprint density at radius 3 is 2.54 bits per heavy atom. The van der Waals surface area contributed by atoms with Crippen LogP contribution in [0, 0.1) is 0 Å². The van der Waals surface area contributed by atoms with Gasteiger partial charge in [0, 0.05) is 11.7 Å². The minimum atomic E-state index is -0.986. The Labute approximate surface area is 152 Å². The Hall–Kier alpha value is -2.83. The van der Waals surface area contributed by atoms with Crippen molar-refractivity contribution < 1.29 is 19.5 Å². The molecule has 0 radical (unpaired) electrons. The zero-order valence-corrected chi connectivity index (χ0v) is 14.4. The summed E-state index contributed by atoms with van der Waals surface area (Å²) in [6, 6.07) is 6.73. The number of carboxylic acid groups (broad SMARTS) is 1. The van der Waals surface area contributed by atoms with Crippen LogP contribution in [0.4, 0.5) is 10.5 Å². The average Bonchev–Trinajstić information content (AvgIpc) is 2.63. The zero-order chi connectivity index (χ0) is 18.5. The summed E-state index contributed by atoms with van der Waals surface area (Å²) in [5.41, 5.74) is 0.623. The number of nitrogens with zero attached hydrogens (tertiary/aromatic N) is 1. The van der Waals surface area contributed by atoms with Crippen LogP contribution in [0.2, 0.25) is 0 Å². The lowest BCUT2D eigenvalue weighted by molar-refractivity contribution is -0.156. The van der Waals surface area contributed by atoms with Crippen LogP contribution >= 0.6 is 0 Å². The predicted octanol–water partition coefficient (Wildman–Crippen LogP) is 2.36. The summed E-state index contributed by atoms with van der Waals surface area (Å²) in [5, 5.41) is 14.9. The second kappa shape index (κ2) is 8.03. The maximum Gasteiger partial charge on any atom is 0.326 e. The van der Waals surface area contributed by atoms with E-state index in [-0.39, 0.29) is 11.9 Å². The van der Waals surface area contributed by atoms with Gasteiger partial charge in [-0.15, -0.1) is 0 Å². The standard InChI is InChI=1S/C19H23N3O4/c23-17-15(21-19(26)20-13-7-2-1-3-8-13)11-5-4-9-14-10-6-12-16(18(24)25)22(14)17/h1-5,7-8,14-16H,6,9-12H2,(H,24,25)(H2,20,21,26)/b5-4-. The molecule has 3 unspecified atom stereocenters. The number of aliphatic carboxylic acids is 1. The van der Waals surface area contributed by atoms with Crippen molar-refractivity contribution in [3.8, 4) is 0 Å². The number of anilines is 1. The van der Waals surface area contributed by atoms with E-state index in [1.54, 1.807) is 24.3 Å². The number of fused-ring (bicyclic) bond motifs is 1. The van der Waals surface area contributed by atoms with Gasteiger partial charge in [-0.3, -0.25) is 4.79 Å². The summed E-state index contributed by atoms with van der Waals surface area (Å²) < 4.78 is 0. The summed E-state index contributed by atoms with van der Waals surface area (Å²) in [4.78, 5) is 38.4. The Morgan fingerprint density at radius 1 is 1.08 bits per heavy atom. The molecule has 3 N–H and O–H groups in total. The van der Waals surface area contributed by atoms with Crippen molar-refractivity contribution in [1.82, 2.24) is 10.2 Å². The molecule has 7 nitrogen and oxygen atoms in total.